The van der Waals surface area contributed by atoms with Gasteiger partial charge in [-0.3, -0.25) is 14.9 Å². The van der Waals surface area contributed by atoms with E-state index in [1.165, 1.54) is 35.6 Å². The topological polar surface area (TPSA) is 103 Å². The number of thiazole rings is 1. The zero-order chi connectivity index (χ0) is 20.0. The first kappa shape index (κ1) is 17.5. The van der Waals surface area contributed by atoms with Gasteiger partial charge < -0.3 is 5.32 Å². The second-order valence-corrected chi connectivity index (χ2v) is 7.77. The Bertz CT molecular complexity index is 1230. The molecule has 0 radical (unpaired) electrons. The van der Waals surface area contributed by atoms with E-state index < -0.39 is 4.92 Å². The van der Waals surface area contributed by atoms with Gasteiger partial charge in [-0.25, -0.2) is 4.98 Å². The maximum absolute atomic E-state index is 12.8. The predicted octanol–water partition coefficient (Wildman–Crippen LogP) is 4.13. The van der Waals surface area contributed by atoms with Crippen LogP contribution in [-0.4, -0.2) is 25.6 Å². The zero-order valence-electron chi connectivity index (χ0n) is 15.2. The smallest absolute Gasteiger partial charge is 0.269 e. The number of carbonyl (C=O) groups excluding carboxylic acids is 1. The van der Waals surface area contributed by atoms with Gasteiger partial charge in [0.1, 0.15) is 5.82 Å². The van der Waals surface area contributed by atoms with Crippen molar-refractivity contribution in [1.29, 1.82) is 0 Å². The molecule has 1 aliphatic carbocycles. The molecule has 2 heterocycles. The zero-order valence-corrected chi connectivity index (χ0v) is 16.0. The Kier molecular flexibility index (Phi) is 4.09. The Labute approximate surface area is 169 Å². The summed E-state index contributed by atoms with van der Waals surface area (Å²) in [4.78, 5) is 27.8. The molecule has 1 aliphatic rings. The van der Waals surface area contributed by atoms with Crippen LogP contribution in [-0.2, 0) is 12.8 Å². The number of carbonyl (C=O) groups is 1. The van der Waals surface area contributed by atoms with Crippen LogP contribution >= 0.6 is 11.3 Å². The summed E-state index contributed by atoms with van der Waals surface area (Å²) < 4.78 is 2.75. The molecule has 8 nitrogen and oxygen atoms in total. The average Bonchev–Trinajstić information content (AvgIpc) is 3.43. The summed E-state index contributed by atoms with van der Waals surface area (Å²) in [5.74, 6) is 0.289. The second-order valence-electron chi connectivity index (χ2n) is 6.76. The molecule has 0 saturated carbocycles. The van der Waals surface area contributed by atoms with Gasteiger partial charge in [-0.2, -0.15) is 9.78 Å². The van der Waals surface area contributed by atoms with Crippen molar-refractivity contribution in [3.05, 3.63) is 75.5 Å². The molecule has 0 atom stereocenters. The van der Waals surface area contributed by atoms with Crippen LogP contribution in [0.4, 0.5) is 11.5 Å². The second kappa shape index (κ2) is 6.78. The van der Waals surface area contributed by atoms with E-state index in [2.05, 4.69) is 10.3 Å². The normalized spacial score (nSPS) is 12.8. The van der Waals surface area contributed by atoms with Crippen LogP contribution in [0.2, 0.25) is 0 Å². The van der Waals surface area contributed by atoms with Crippen molar-refractivity contribution in [2.45, 2.75) is 19.3 Å². The molecule has 9 heteroatoms. The SMILES string of the molecule is O=C(Nc1c2c(nn1-c1nc3ccccc3s1)CCC2)c1ccc([N+](=O)[O-])cc1. The summed E-state index contributed by atoms with van der Waals surface area (Å²) >= 11 is 1.51. The lowest BCUT2D eigenvalue weighted by Gasteiger charge is -2.09. The number of rotatable bonds is 4. The van der Waals surface area contributed by atoms with E-state index in [1.54, 1.807) is 4.68 Å². The molecule has 0 saturated heterocycles. The fraction of sp³-hybridized carbons (Fsp3) is 0.150. The highest BCUT2D eigenvalue weighted by molar-refractivity contribution is 7.20. The Morgan fingerprint density at radius 3 is 2.69 bits per heavy atom. The maximum Gasteiger partial charge on any atom is 0.269 e. The summed E-state index contributed by atoms with van der Waals surface area (Å²) in [5, 5.41) is 19.2. The van der Waals surface area contributed by atoms with Crippen LogP contribution in [0.5, 0.6) is 0 Å². The molecule has 4 aromatic rings. The van der Waals surface area contributed by atoms with E-state index in [9.17, 15) is 14.9 Å². The molecule has 144 valence electrons. The molecular formula is C20H15N5O3S. The first-order valence-electron chi connectivity index (χ1n) is 9.12. The Morgan fingerprint density at radius 2 is 1.93 bits per heavy atom. The molecule has 1 N–H and O–H groups in total. The Balaban J connectivity index is 1.52. The average molecular weight is 405 g/mol. The van der Waals surface area contributed by atoms with Crippen molar-refractivity contribution in [3.8, 4) is 5.13 Å². The third-order valence-corrected chi connectivity index (χ3v) is 5.96. The number of anilines is 1. The van der Waals surface area contributed by atoms with Crippen molar-refractivity contribution in [2.75, 3.05) is 5.32 Å². The van der Waals surface area contributed by atoms with Gasteiger partial charge in [0.2, 0.25) is 5.13 Å². The van der Waals surface area contributed by atoms with Gasteiger partial charge >= 0.3 is 0 Å². The van der Waals surface area contributed by atoms with Crippen molar-refractivity contribution < 1.29 is 9.72 Å². The number of fused-ring (bicyclic) bond motifs is 2. The van der Waals surface area contributed by atoms with Gasteiger partial charge in [0.15, 0.2) is 0 Å². The highest BCUT2D eigenvalue weighted by Gasteiger charge is 2.26. The Morgan fingerprint density at radius 1 is 1.14 bits per heavy atom. The summed E-state index contributed by atoms with van der Waals surface area (Å²) in [6, 6.07) is 13.4. The first-order chi connectivity index (χ1) is 14.1. The number of non-ortho nitro benzene ring substituents is 1. The van der Waals surface area contributed by atoms with E-state index >= 15 is 0 Å². The van der Waals surface area contributed by atoms with Crippen LogP contribution in [0.1, 0.15) is 28.0 Å². The monoisotopic (exact) mass is 405 g/mol. The molecule has 0 unspecified atom stereocenters. The van der Waals surface area contributed by atoms with Crippen molar-refractivity contribution in [3.63, 3.8) is 0 Å². The van der Waals surface area contributed by atoms with Crippen LogP contribution in [0.15, 0.2) is 48.5 Å². The molecule has 0 spiro atoms. The molecule has 29 heavy (non-hydrogen) atoms. The summed E-state index contributed by atoms with van der Waals surface area (Å²) in [6.45, 7) is 0. The minimum absolute atomic E-state index is 0.0537. The fourth-order valence-corrected chi connectivity index (χ4v) is 4.45. The molecule has 5 rings (SSSR count). The van der Waals surface area contributed by atoms with E-state index in [0.29, 0.717) is 16.5 Å². The number of hydrogen-bond donors (Lipinski definition) is 1. The molecule has 1 amide bonds. The third-order valence-electron chi connectivity index (χ3n) is 4.94. The number of nitrogens with zero attached hydrogens (tertiary/aromatic N) is 4. The minimum Gasteiger partial charge on any atom is -0.306 e. The molecule has 0 aliphatic heterocycles. The van der Waals surface area contributed by atoms with Crippen molar-refractivity contribution >= 4 is 39.0 Å². The largest absolute Gasteiger partial charge is 0.306 e. The van der Waals surface area contributed by atoms with Crippen LogP contribution < -0.4 is 5.32 Å². The predicted molar refractivity (Wildman–Crippen MR) is 110 cm³/mol. The molecule has 0 bridgehead atoms. The molecule has 2 aromatic heterocycles. The number of hydrogen-bond acceptors (Lipinski definition) is 6. The number of nitrogens with one attached hydrogen (secondary N) is 1. The van der Waals surface area contributed by atoms with Gasteiger partial charge in [0.25, 0.3) is 11.6 Å². The highest BCUT2D eigenvalue weighted by Crippen LogP contribution is 2.34. The van der Waals surface area contributed by atoms with E-state index in [-0.39, 0.29) is 11.6 Å². The molecular weight excluding hydrogens is 390 g/mol. The number of aryl methyl sites for hydroxylation is 1. The van der Waals surface area contributed by atoms with E-state index in [4.69, 9.17) is 5.10 Å². The molecule has 0 fully saturated rings. The summed E-state index contributed by atoms with van der Waals surface area (Å²) in [5.41, 5.74) is 3.18. The fourth-order valence-electron chi connectivity index (χ4n) is 3.52. The highest BCUT2D eigenvalue weighted by atomic mass is 32.1. The minimum atomic E-state index is -0.489. The van der Waals surface area contributed by atoms with Gasteiger partial charge in [0.05, 0.1) is 20.8 Å². The van der Waals surface area contributed by atoms with Gasteiger partial charge in [0, 0.05) is 23.3 Å². The summed E-state index contributed by atoms with van der Waals surface area (Å²) in [6.07, 6.45) is 2.71. The number of amides is 1. The number of para-hydroxylation sites is 1. The first-order valence-corrected chi connectivity index (χ1v) is 9.94. The lowest BCUT2D eigenvalue weighted by atomic mass is 10.2. The number of nitro benzene ring substituents is 1. The van der Waals surface area contributed by atoms with Crippen LogP contribution in [0.25, 0.3) is 15.3 Å². The van der Waals surface area contributed by atoms with Crippen LogP contribution in [0.3, 0.4) is 0 Å². The lowest BCUT2D eigenvalue weighted by Crippen LogP contribution is -2.16. The Hall–Kier alpha value is -3.59. The van der Waals surface area contributed by atoms with Crippen LogP contribution in [0, 0.1) is 10.1 Å². The van der Waals surface area contributed by atoms with Gasteiger partial charge in [-0.1, -0.05) is 23.5 Å². The molecule has 2 aromatic carbocycles. The maximum atomic E-state index is 12.8. The van der Waals surface area contributed by atoms with E-state index in [1.807, 2.05) is 24.3 Å². The van der Waals surface area contributed by atoms with E-state index in [0.717, 1.165) is 40.7 Å². The van der Waals surface area contributed by atoms with Gasteiger partial charge in [-0.15, -0.1) is 0 Å². The summed E-state index contributed by atoms with van der Waals surface area (Å²) in [7, 11) is 0. The van der Waals surface area contributed by atoms with Gasteiger partial charge in [-0.05, 0) is 43.5 Å². The third kappa shape index (κ3) is 3.05. The van der Waals surface area contributed by atoms with Crippen molar-refractivity contribution in [1.82, 2.24) is 14.8 Å². The number of benzene rings is 2. The van der Waals surface area contributed by atoms with Crippen molar-refractivity contribution in [2.24, 2.45) is 0 Å². The number of aromatic nitrogens is 3. The lowest BCUT2D eigenvalue weighted by molar-refractivity contribution is -0.384. The quantitative estimate of drug-likeness (QED) is 0.406. The standard InChI is InChI=1S/C20H15N5O3S/c26-19(12-8-10-13(11-9-12)25(27)28)22-18-14-4-3-6-15(14)23-24(18)20-21-16-5-1-2-7-17(16)29-20/h1-2,5,7-11H,3-4,6H2,(H,22,26). The number of nitro groups is 1.